The van der Waals surface area contributed by atoms with Gasteiger partial charge in [0.15, 0.2) is 0 Å². The number of hydrogen-bond acceptors (Lipinski definition) is 2. The Morgan fingerprint density at radius 2 is 1.54 bits per heavy atom. The molecule has 0 amide bonds. The van der Waals surface area contributed by atoms with Crippen LogP contribution in [0.4, 0.5) is 0 Å². The lowest BCUT2D eigenvalue weighted by Gasteiger charge is -2.09. The number of nitrogens with zero attached hydrogens (tertiary/aromatic N) is 2. The quantitative estimate of drug-likeness (QED) is 0.394. The standard InChI is InChI=1S/C21H14N2S/c1-2-7-15(8-3-1)21-22-13-14-23(21)18-11-6-10-17-16-9-4-5-12-19(16)24-20(17)18/h1-14H. The van der Waals surface area contributed by atoms with Gasteiger partial charge in [0, 0.05) is 33.4 Å². The highest BCUT2D eigenvalue weighted by atomic mass is 32.1. The first kappa shape index (κ1) is 13.5. The molecule has 114 valence electrons. The Bertz CT molecular complexity index is 1150. The Morgan fingerprint density at radius 1 is 0.750 bits per heavy atom. The van der Waals surface area contributed by atoms with Gasteiger partial charge >= 0.3 is 0 Å². The van der Waals surface area contributed by atoms with Crippen molar-refractivity contribution in [1.29, 1.82) is 0 Å². The molecule has 0 saturated heterocycles. The molecule has 0 fully saturated rings. The third kappa shape index (κ3) is 1.99. The maximum absolute atomic E-state index is 4.59. The van der Waals surface area contributed by atoms with Crippen molar-refractivity contribution in [2.45, 2.75) is 0 Å². The summed E-state index contributed by atoms with van der Waals surface area (Å²) in [6.07, 6.45) is 3.91. The van der Waals surface area contributed by atoms with Crippen molar-refractivity contribution in [3.63, 3.8) is 0 Å². The second kappa shape index (κ2) is 5.32. The van der Waals surface area contributed by atoms with Crippen LogP contribution in [-0.2, 0) is 0 Å². The van der Waals surface area contributed by atoms with Gasteiger partial charge in [-0.15, -0.1) is 11.3 Å². The van der Waals surface area contributed by atoms with E-state index in [4.69, 9.17) is 0 Å². The monoisotopic (exact) mass is 326 g/mol. The summed E-state index contributed by atoms with van der Waals surface area (Å²) in [6, 6.07) is 25.4. The molecule has 0 aliphatic carbocycles. The maximum Gasteiger partial charge on any atom is 0.144 e. The van der Waals surface area contributed by atoms with Crippen LogP contribution in [0, 0.1) is 0 Å². The second-order valence-electron chi connectivity index (χ2n) is 5.74. The average Bonchev–Trinajstić information content (AvgIpc) is 3.27. The molecule has 0 spiro atoms. The van der Waals surface area contributed by atoms with Crippen molar-refractivity contribution in [3.05, 3.63) is 85.2 Å². The third-order valence-corrected chi connectivity index (χ3v) is 5.52. The van der Waals surface area contributed by atoms with Crippen LogP contribution in [0.15, 0.2) is 85.2 Å². The molecule has 0 saturated carbocycles. The second-order valence-corrected chi connectivity index (χ2v) is 6.79. The van der Waals surface area contributed by atoms with E-state index >= 15 is 0 Å². The minimum absolute atomic E-state index is 0.973. The zero-order valence-corrected chi connectivity index (χ0v) is 13.7. The Morgan fingerprint density at radius 3 is 2.46 bits per heavy atom. The molecule has 0 radical (unpaired) electrons. The Labute approximate surface area is 143 Å². The molecule has 2 heterocycles. The summed E-state index contributed by atoms with van der Waals surface area (Å²) in [5, 5.41) is 2.63. The highest BCUT2D eigenvalue weighted by molar-refractivity contribution is 7.26. The van der Waals surface area contributed by atoms with Crippen LogP contribution >= 0.6 is 11.3 Å². The van der Waals surface area contributed by atoms with Crippen LogP contribution in [0.3, 0.4) is 0 Å². The smallest absolute Gasteiger partial charge is 0.144 e. The first-order chi connectivity index (χ1) is 11.9. The van der Waals surface area contributed by atoms with E-state index < -0.39 is 0 Å². The number of aromatic nitrogens is 2. The number of fused-ring (bicyclic) bond motifs is 3. The molecule has 5 aromatic rings. The van der Waals surface area contributed by atoms with Crippen LogP contribution in [0.5, 0.6) is 0 Å². The van der Waals surface area contributed by atoms with Gasteiger partial charge in [0.25, 0.3) is 0 Å². The fraction of sp³-hybridized carbons (Fsp3) is 0. The Balaban J connectivity index is 1.81. The van der Waals surface area contributed by atoms with E-state index in [1.54, 1.807) is 0 Å². The fourth-order valence-electron chi connectivity index (χ4n) is 3.22. The summed E-state index contributed by atoms with van der Waals surface area (Å²) in [5.74, 6) is 0.973. The maximum atomic E-state index is 4.59. The third-order valence-electron chi connectivity index (χ3n) is 4.32. The fourth-order valence-corrected chi connectivity index (χ4v) is 4.43. The summed E-state index contributed by atoms with van der Waals surface area (Å²) in [6.45, 7) is 0. The minimum Gasteiger partial charge on any atom is -0.298 e. The van der Waals surface area contributed by atoms with Gasteiger partial charge in [-0.1, -0.05) is 60.7 Å². The van der Waals surface area contributed by atoms with Crippen molar-refractivity contribution < 1.29 is 0 Å². The normalized spacial score (nSPS) is 11.3. The predicted octanol–water partition coefficient (Wildman–Crippen LogP) is 5.91. The van der Waals surface area contributed by atoms with Gasteiger partial charge in [0.1, 0.15) is 5.82 Å². The number of imidazole rings is 1. The molecule has 0 unspecified atom stereocenters. The highest BCUT2D eigenvalue weighted by Gasteiger charge is 2.13. The van der Waals surface area contributed by atoms with E-state index in [9.17, 15) is 0 Å². The average molecular weight is 326 g/mol. The van der Waals surface area contributed by atoms with Gasteiger partial charge in [0.05, 0.1) is 10.4 Å². The van der Waals surface area contributed by atoms with Crippen LogP contribution in [0.1, 0.15) is 0 Å². The molecule has 2 nitrogen and oxygen atoms in total. The molecule has 24 heavy (non-hydrogen) atoms. The molecule has 0 bridgehead atoms. The van der Waals surface area contributed by atoms with E-state index in [-0.39, 0.29) is 0 Å². The zero-order valence-electron chi connectivity index (χ0n) is 12.9. The van der Waals surface area contributed by atoms with Crippen LogP contribution < -0.4 is 0 Å². The molecule has 0 aliphatic heterocycles. The molecule has 0 aliphatic rings. The zero-order chi connectivity index (χ0) is 15.9. The molecule has 0 atom stereocenters. The van der Waals surface area contributed by atoms with E-state index in [0.29, 0.717) is 0 Å². The summed E-state index contributed by atoms with van der Waals surface area (Å²) in [4.78, 5) is 4.59. The van der Waals surface area contributed by atoms with Crippen molar-refractivity contribution in [2.24, 2.45) is 0 Å². The van der Waals surface area contributed by atoms with Crippen molar-refractivity contribution in [1.82, 2.24) is 9.55 Å². The molecule has 5 rings (SSSR count). The van der Waals surface area contributed by atoms with Crippen LogP contribution in [0.25, 0.3) is 37.2 Å². The molecular weight excluding hydrogens is 312 g/mol. The Hall–Kier alpha value is -2.91. The lowest BCUT2D eigenvalue weighted by Crippen LogP contribution is -1.96. The Kier molecular flexibility index (Phi) is 3.00. The van der Waals surface area contributed by atoms with Crippen LogP contribution in [0.2, 0.25) is 0 Å². The van der Waals surface area contributed by atoms with Gasteiger partial charge < -0.3 is 0 Å². The topological polar surface area (TPSA) is 17.8 Å². The lowest BCUT2D eigenvalue weighted by molar-refractivity contribution is 1.08. The SMILES string of the molecule is c1ccc(-c2nccn2-c2cccc3c2sc2ccccc23)cc1. The minimum atomic E-state index is 0.973. The summed E-state index contributed by atoms with van der Waals surface area (Å²) in [7, 11) is 0. The van der Waals surface area contributed by atoms with Gasteiger partial charge in [0.2, 0.25) is 0 Å². The van der Waals surface area contributed by atoms with Gasteiger partial charge in [-0.25, -0.2) is 4.98 Å². The van der Waals surface area contributed by atoms with Gasteiger partial charge in [-0.3, -0.25) is 4.57 Å². The summed E-state index contributed by atoms with van der Waals surface area (Å²) >= 11 is 1.84. The van der Waals surface area contributed by atoms with Gasteiger partial charge in [-0.2, -0.15) is 0 Å². The van der Waals surface area contributed by atoms with Crippen LogP contribution in [-0.4, -0.2) is 9.55 Å². The molecule has 2 aromatic heterocycles. The first-order valence-corrected chi connectivity index (χ1v) is 8.73. The number of benzene rings is 3. The van der Waals surface area contributed by atoms with Crippen molar-refractivity contribution in [2.75, 3.05) is 0 Å². The molecular formula is C21H14N2S. The van der Waals surface area contributed by atoms with Crippen molar-refractivity contribution in [3.8, 4) is 17.1 Å². The molecule has 0 N–H and O–H groups in total. The summed E-state index contributed by atoms with van der Waals surface area (Å²) < 4.78 is 4.81. The number of rotatable bonds is 2. The van der Waals surface area contributed by atoms with Crippen molar-refractivity contribution >= 4 is 31.5 Å². The predicted molar refractivity (Wildman–Crippen MR) is 102 cm³/mol. The van der Waals surface area contributed by atoms with E-state index in [1.807, 2.05) is 41.9 Å². The number of thiophene rings is 1. The highest BCUT2D eigenvalue weighted by Crippen LogP contribution is 2.38. The molecule has 3 aromatic carbocycles. The molecule has 3 heteroatoms. The van der Waals surface area contributed by atoms with Gasteiger partial charge in [-0.05, 0) is 12.1 Å². The largest absolute Gasteiger partial charge is 0.298 e. The lowest BCUT2D eigenvalue weighted by atomic mass is 10.1. The summed E-state index contributed by atoms with van der Waals surface area (Å²) in [5.41, 5.74) is 2.31. The van der Waals surface area contributed by atoms with E-state index in [1.165, 1.54) is 25.9 Å². The van der Waals surface area contributed by atoms with E-state index in [2.05, 4.69) is 64.1 Å². The first-order valence-electron chi connectivity index (χ1n) is 7.91. The number of hydrogen-bond donors (Lipinski definition) is 0. The van der Waals surface area contributed by atoms with E-state index in [0.717, 1.165) is 11.4 Å².